The number of carbonyl (C=O) groups is 1. The molecular formula is C27H22F4N6O. The number of H-pyrrole nitrogens is 1. The quantitative estimate of drug-likeness (QED) is 0.277. The lowest BCUT2D eigenvalue weighted by molar-refractivity contribution is -0.138. The number of nitrogens with zero attached hydrogens (tertiary/aromatic N) is 3. The van der Waals surface area contributed by atoms with Crippen LogP contribution in [0.4, 0.5) is 23.4 Å². The van der Waals surface area contributed by atoms with E-state index in [1.54, 1.807) is 18.3 Å². The largest absolute Gasteiger partial charge is 0.416 e. The highest BCUT2D eigenvalue weighted by Gasteiger charge is 2.34. The first-order valence-corrected chi connectivity index (χ1v) is 11.8. The summed E-state index contributed by atoms with van der Waals surface area (Å²) in [6.07, 6.45) is -0.329. The third kappa shape index (κ3) is 5.66. The average molecular weight is 523 g/mol. The van der Waals surface area contributed by atoms with Crippen molar-refractivity contribution in [1.29, 1.82) is 0 Å². The first-order valence-electron chi connectivity index (χ1n) is 11.8. The molecule has 0 atom stereocenters. The van der Waals surface area contributed by atoms with Gasteiger partial charge in [-0.25, -0.2) is 14.4 Å². The van der Waals surface area contributed by atoms with Gasteiger partial charge in [-0.05, 0) is 35.9 Å². The van der Waals surface area contributed by atoms with E-state index < -0.39 is 23.5 Å². The number of hydrogen-bond acceptors (Lipinski definition) is 5. The highest BCUT2D eigenvalue weighted by molar-refractivity contribution is 6.04. The van der Waals surface area contributed by atoms with Gasteiger partial charge in [0.05, 0.1) is 16.5 Å². The maximum atomic E-state index is 14.6. The molecule has 4 aromatic rings. The van der Waals surface area contributed by atoms with Crippen molar-refractivity contribution < 1.29 is 22.4 Å². The maximum Gasteiger partial charge on any atom is 0.416 e. The number of nitrogens with one attached hydrogen (secondary N) is 3. The van der Waals surface area contributed by atoms with Crippen LogP contribution in [0.1, 0.15) is 32.6 Å². The van der Waals surface area contributed by atoms with Crippen LogP contribution >= 0.6 is 0 Å². The predicted octanol–water partition coefficient (Wildman–Crippen LogP) is 4.17. The summed E-state index contributed by atoms with van der Waals surface area (Å²) in [7, 11) is 0. The standard InChI is InChI=1S/C27H22F4N6O/c28-24-19(15-35-25-21(24)6-8-34-25)2-1-17-5-7-33-23(13-17)36-26(38)18-3-4-20(22(14-18)27(29,30)31)16-37-11-9-32-10-12-37/h3-8,13-15,32H,9-12,16H2,(H,34,35)(H,33,36,38). The van der Waals surface area contributed by atoms with Crippen molar-refractivity contribution >= 4 is 22.8 Å². The Morgan fingerprint density at radius 2 is 1.89 bits per heavy atom. The number of pyridine rings is 2. The fourth-order valence-corrected chi connectivity index (χ4v) is 4.20. The number of carbonyl (C=O) groups excluding carboxylic acids is 1. The molecule has 1 aliphatic rings. The molecule has 1 fully saturated rings. The van der Waals surface area contributed by atoms with Gasteiger partial charge in [0.15, 0.2) is 5.82 Å². The van der Waals surface area contributed by atoms with Gasteiger partial charge in [0, 0.05) is 62.4 Å². The molecule has 1 aliphatic heterocycles. The molecule has 7 nitrogen and oxygen atoms in total. The molecule has 38 heavy (non-hydrogen) atoms. The van der Waals surface area contributed by atoms with E-state index in [1.807, 2.05) is 4.90 Å². The fraction of sp³-hybridized carbons (Fsp3) is 0.222. The summed E-state index contributed by atoms with van der Waals surface area (Å²) >= 11 is 0. The van der Waals surface area contributed by atoms with Crippen molar-refractivity contribution in [2.45, 2.75) is 12.7 Å². The number of anilines is 1. The van der Waals surface area contributed by atoms with Crippen LogP contribution in [0, 0.1) is 17.7 Å². The maximum absolute atomic E-state index is 14.6. The SMILES string of the molecule is O=C(Nc1cc(C#Cc2cnc3[nH]ccc3c2F)ccn1)c1ccc(CN2CCNCC2)c(C(F)(F)F)c1. The van der Waals surface area contributed by atoms with Crippen LogP contribution in [0.3, 0.4) is 0 Å². The Hall–Kier alpha value is -4.27. The van der Waals surface area contributed by atoms with Gasteiger partial charge in [0.25, 0.3) is 5.91 Å². The lowest BCUT2D eigenvalue weighted by Gasteiger charge is -2.28. The van der Waals surface area contributed by atoms with Gasteiger partial charge in [-0.1, -0.05) is 17.9 Å². The van der Waals surface area contributed by atoms with E-state index in [9.17, 15) is 22.4 Å². The zero-order valence-corrected chi connectivity index (χ0v) is 20.0. The predicted molar refractivity (Wildman–Crippen MR) is 134 cm³/mol. The minimum Gasteiger partial charge on any atom is -0.346 e. The molecule has 3 aromatic heterocycles. The average Bonchev–Trinajstić information content (AvgIpc) is 3.39. The summed E-state index contributed by atoms with van der Waals surface area (Å²) < 4.78 is 56.1. The monoisotopic (exact) mass is 522 g/mol. The second-order valence-electron chi connectivity index (χ2n) is 8.76. The minimum absolute atomic E-state index is 0.0972. The van der Waals surface area contributed by atoms with Crippen LogP contribution in [-0.4, -0.2) is 51.9 Å². The van der Waals surface area contributed by atoms with Gasteiger partial charge in [-0.15, -0.1) is 0 Å². The number of hydrogen-bond donors (Lipinski definition) is 3. The molecule has 11 heteroatoms. The van der Waals surface area contributed by atoms with Crippen LogP contribution in [0.2, 0.25) is 0 Å². The summed E-state index contributed by atoms with van der Waals surface area (Å²) in [6, 6.07) is 8.16. The van der Waals surface area contributed by atoms with Crippen LogP contribution < -0.4 is 10.6 Å². The molecular weight excluding hydrogens is 500 g/mol. The third-order valence-electron chi connectivity index (χ3n) is 6.14. The molecule has 1 aromatic carbocycles. The Morgan fingerprint density at radius 3 is 2.68 bits per heavy atom. The molecule has 0 saturated carbocycles. The summed E-state index contributed by atoms with van der Waals surface area (Å²) in [5.41, 5.74) is 0.0589. The summed E-state index contributed by atoms with van der Waals surface area (Å²) in [6.45, 7) is 2.87. The highest BCUT2D eigenvalue weighted by Crippen LogP contribution is 2.33. The van der Waals surface area contributed by atoms with Crippen molar-refractivity contribution in [2.24, 2.45) is 0 Å². The molecule has 4 heterocycles. The van der Waals surface area contributed by atoms with Gasteiger partial charge in [0.1, 0.15) is 11.5 Å². The number of piperazine rings is 1. The van der Waals surface area contributed by atoms with E-state index in [4.69, 9.17) is 0 Å². The summed E-state index contributed by atoms with van der Waals surface area (Å²) in [4.78, 5) is 25.7. The van der Waals surface area contributed by atoms with E-state index in [0.717, 1.165) is 6.07 Å². The lowest BCUT2D eigenvalue weighted by Crippen LogP contribution is -2.43. The third-order valence-corrected chi connectivity index (χ3v) is 6.14. The molecule has 0 unspecified atom stereocenters. The fourth-order valence-electron chi connectivity index (χ4n) is 4.20. The van der Waals surface area contributed by atoms with Crippen LogP contribution in [-0.2, 0) is 12.7 Å². The second kappa shape index (κ2) is 10.6. The number of amides is 1. The van der Waals surface area contributed by atoms with Crippen LogP contribution in [0.25, 0.3) is 11.0 Å². The molecule has 194 valence electrons. The molecule has 1 amide bonds. The number of fused-ring (bicyclic) bond motifs is 1. The topological polar surface area (TPSA) is 85.9 Å². The highest BCUT2D eigenvalue weighted by atomic mass is 19.4. The smallest absolute Gasteiger partial charge is 0.346 e. The zero-order valence-electron chi connectivity index (χ0n) is 20.0. The lowest BCUT2D eigenvalue weighted by atomic mass is 10.0. The van der Waals surface area contributed by atoms with E-state index in [2.05, 4.69) is 37.4 Å². The van der Waals surface area contributed by atoms with Crippen LogP contribution in [0.15, 0.2) is 55.0 Å². The van der Waals surface area contributed by atoms with E-state index >= 15 is 0 Å². The molecule has 0 aliphatic carbocycles. The Labute approximate surface area is 215 Å². The van der Waals surface area contributed by atoms with E-state index in [0.29, 0.717) is 42.8 Å². The van der Waals surface area contributed by atoms with E-state index in [-0.39, 0.29) is 29.1 Å². The number of aromatic nitrogens is 3. The number of rotatable bonds is 4. The number of halogens is 4. The van der Waals surface area contributed by atoms with Gasteiger partial charge in [-0.3, -0.25) is 9.69 Å². The Kier molecular flexibility index (Phi) is 7.09. The van der Waals surface area contributed by atoms with Gasteiger partial charge in [-0.2, -0.15) is 13.2 Å². The van der Waals surface area contributed by atoms with E-state index in [1.165, 1.54) is 30.6 Å². The Bertz CT molecular complexity index is 1550. The van der Waals surface area contributed by atoms with Gasteiger partial charge >= 0.3 is 6.18 Å². The number of aromatic amines is 1. The second-order valence-corrected chi connectivity index (χ2v) is 8.76. The summed E-state index contributed by atoms with van der Waals surface area (Å²) in [5, 5.41) is 6.00. The molecule has 0 spiro atoms. The van der Waals surface area contributed by atoms with Crippen LogP contribution in [0.5, 0.6) is 0 Å². The molecule has 0 bridgehead atoms. The first-order chi connectivity index (χ1) is 18.3. The van der Waals surface area contributed by atoms with Crippen molar-refractivity contribution in [3.8, 4) is 11.8 Å². The molecule has 1 saturated heterocycles. The minimum atomic E-state index is -4.61. The van der Waals surface area contributed by atoms with Crippen molar-refractivity contribution in [2.75, 3.05) is 31.5 Å². The molecule has 0 radical (unpaired) electrons. The van der Waals surface area contributed by atoms with Gasteiger partial charge < -0.3 is 15.6 Å². The zero-order chi connectivity index (χ0) is 26.7. The molecule has 5 rings (SSSR count). The number of benzene rings is 1. The normalized spacial score (nSPS) is 14.2. The van der Waals surface area contributed by atoms with Crippen molar-refractivity contribution in [1.82, 2.24) is 25.2 Å². The first kappa shape index (κ1) is 25.4. The van der Waals surface area contributed by atoms with Crippen molar-refractivity contribution in [3.63, 3.8) is 0 Å². The van der Waals surface area contributed by atoms with Crippen molar-refractivity contribution in [3.05, 3.63) is 88.6 Å². The molecule has 3 N–H and O–H groups in total. The summed E-state index contributed by atoms with van der Waals surface area (Å²) in [5.74, 6) is 4.36. The Balaban J connectivity index is 1.34. The Morgan fingerprint density at radius 1 is 1.08 bits per heavy atom. The number of alkyl halides is 3. The van der Waals surface area contributed by atoms with Gasteiger partial charge in [0.2, 0.25) is 0 Å².